The summed E-state index contributed by atoms with van der Waals surface area (Å²) in [7, 11) is 1.73. The van der Waals surface area contributed by atoms with Crippen molar-refractivity contribution in [3.05, 3.63) is 34.1 Å². The van der Waals surface area contributed by atoms with Crippen LogP contribution in [0.4, 0.5) is 4.39 Å². The first kappa shape index (κ1) is 15.4. The SMILES string of the molecule is CN(Cc1cc(Br)ccc1F)C(=O)[C@@H]1CCC[C@@H]1CN. The molecule has 0 saturated heterocycles. The van der Waals surface area contributed by atoms with E-state index in [0.717, 1.165) is 23.7 Å². The third-order valence-corrected chi connectivity index (χ3v) is 4.56. The predicted octanol–water partition coefficient (Wildman–Crippen LogP) is 2.92. The van der Waals surface area contributed by atoms with Crippen LogP contribution >= 0.6 is 15.9 Å². The minimum absolute atomic E-state index is 0.000198. The lowest BCUT2D eigenvalue weighted by molar-refractivity contribution is -0.135. The average Bonchev–Trinajstić information content (AvgIpc) is 2.90. The molecule has 1 aliphatic carbocycles. The van der Waals surface area contributed by atoms with Crippen LogP contribution in [0.5, 0.6) is 0 Å². The highest BCUT2D eigenvalue weighted by molar-refractivity contribution is 9.10. The summed E-state index contributed by atoms with van der Waals surface area (Å²) in [5.74, 6) is 0.0736. The maximum atomic E-state index is 13.7. The van der Waals surface area contributed by atoms with Crippen LogP contribution in [0.15, 0.2) is 22.7 Å². The average molecular weight is 343 g/mol. The molecule has 1 aliphatic rings. The van der Waals surface area contributed by atoms with Crippen molar-refractivity contribution in [1.29, 1.82) is 0 Å². The lowest BCUT2D eigenvalue weighted by Gasteiger charge is -2.24. The lowest BCUT2D eigenvalue weighted by atomic mass is 9.95. The minimum Gasteiger partial charge on any atom is -0.341 e. The van der Waals surface area contributed by atoms with Crippen molar-refractivity contribution in [2.24, 2.45) is 17.6 Å². The van der Waals surface area contributed by atoms with Crippen LogP contribution in [0.1, 0.15) is 24.8 Å². The Balaban J connectivity index is 2.05. The summed E-state index contributed by atoms with van der Waals surface area (Å²) in [6.07, 6.45) is 2.97. The molecule has 2 atom stereocenters. The summed E-state index contributed by atoms with van der Waals surface area (Å²) in [4.78, 5) is 14.1. The van der Waals surface area contributed by atoms with Gasteiger partial charge in [-0.1, -0.05) is 22.4 Å². The molecule has 20 heavy (non-hydrogen) atoms. The van der Waals surface area contributed by atoms with E-state index in [1.807, 2.05) is 0 Å². The van der Waals surface area contributed by atoms with E-state index in [-0.39, 0.29) is 30.1 Å². The maximum Gasteiger partial charge on any atom is 0.226 e. The van der Waals surface area contributed by atoms with Crippen LogP contribution in [0.3, 0.4) is 0 Å². The van der Waals surface area contributed by atoms with Crippen molar-refractivity contribution in [3.63, 3.8) is 0 Å². The standard InChI is InChI=1S/C15H20BrFN2O/c1-19(9-11-7-12(16)5-6-14(11)17)15(20)13-4-2-3-10(13)8-18/h5-7,10,13H,2-4,8-9,18H2,1H3/t10-,13-/m1/s1. The molecule has 0 aliphatic heterocycles. The fourth-order valence-corrected chi connectivity index (χ4v) is 3.33. The Hall–Kier alpha value is -0.940. The van der Waals surface area contributed by atoms with Gasteiger partial charge in [-0.15, -0.1) is 0 Å². The van der Waals surface area contributed by atoms with Gasteiger partial charge in [0.15, 0.2) is 0 Å². The Bertz CT molecular complexity index is 495. The summed E-state index contributed by atoms with van der Waals surface area (Å²) >= 11 is 3.32. The molecule has 110 valence electrons. The fourth-order valence-electron chi connectivity index (χ4n) is 2.93. The Morgan fingerprint density at radius 2 is 2.25 bits per heavy atom. The highest BCUT2D eigenvalue weighted by atomic mass is 79.9. The van der Waals surface area contributed by atoms with E-state index < -0.39 is 0 Å². The Morgan fingerprint density at radius 1 is 1.50 bits per heavy atom. The molecular weight excluding hydrogens is 323 g/mol. The van der Waals surface area contributed by atoms with Gasteiger partial charge in [0.2, 0.25) is 5.91 Å². The molecule has 1 aromatic carbocycles. The van der Waals surface area contributed by atoms with Gasteiger partial charge in [-0.25, -0.2) is 4.39 Å². The van der Waals surface area contributed by atoms with Gasteiger partial charge in [-0.3, -0.25) is 4.79 Å². The fraction of sp³-hybridized carbons (Fsp3) is 0.533. The van der Waals surface area contributed by atoms with Crippen LogP contribution < -0.4 is 5.73 Å². The Morgan fingerprint density at radius 3 is 2.95 bits per heavy atom. The normalized spacial score (nSPS) is 22.0. The van der Waals surface area contributed by atoms with Gasteiger partial charge in [-0.2, -0.15) is 0 Å². The highest BCUT2D eigenvalue weighted by Crippen LogP contribution is 2.32. The van der Waals surface area contributed by atoms with Gasteiger partial charge in [0, 0.05) is 29.5 Å². The number of nitrogens with two attached hydrogens (primary N) is 1. The van der Waals surface area contributed by atoms with E-state index in [1.54, 1.807) is 24.1 Å². The smallest absolute Gasteiger partial charge is 0.226 e. The van der Waals surface area contributed by atoms with Crippen molar-refractivity contribution in [2.45, 2.75) is 25.8 Å². The summed E-state index contributed by atoms with van der Waals surface area (Å²) < 4.78 is 14.5. The summed E-state index contributed by atoms with van der Waals surface area (Å²) in [5.41, 5.74) is 6.25. The van der Waals surface area contributed by atoms with E-state index in [1.165, 1.54) is 6.07 Å². The molecule has 1 fully saturated rings. The van der Waals surface area contributed by atoms with Crippen LogP contribution in [-0.2, 0) is 11.3 Å². The largest absolute Gasteiger partial charge is 0.341 e. The second-order valence-electron chi connectivity index (χ2n) is 5.46. The first-order valence-corrected chi connectivity index (χ1v) is 7.71. The molecule has 1 amide bonds. The molecule has 0 bridgehead atoms. The monoisotopic (exact) mass is 342 g/mol. The zero-order valence-electron chi connectivity index (χ0n) is 11.6. The van der Waals surface area contributed by atoms with Gasteiger partial charge >= 0.3 is 0 Å². The number of benzene rings is 1. The molecule has 1 saturated carbocycles. The number of halogens is 2. The number of hydrogen-bond donors (Lipinski definition) is 1. The molecule has 0 radical (unpaired) electrons. The highest BCUT2D eigenvalue weighted by Gasteiger charge is 2.33. The van der Waals surface area contributed by atoms with Crippen molar-refractivity contribution in [2.75, 3.05) is 13.6 Å². The van der Waals surface area contributed by atoms with E-state index in [2.05, 4.69) is 15.9 Å². The molecule has 2 rings (SSSR count). The van der Waals surface area contributed by atoms with Crippen molar-refractivity contribution >= 4 is 21.8 Å². The third-order valence-electron chi connectivity index (χ3n) is 4.07. The van der Waals surface area contributed by atoms with E-state index >= 15 is 0 Å². The van der Waals surface area contributed by atoms with E-state index in [9.17, 15) is 9.18 Å². The molecule has 0 spiro atoms. The molecule has 0 unspecified atom stereocenters. The first-order chi connectivity index (χ1) is 9.52. The van der Waals surface area contributed by atoms with Crippen LogP contribution in [-0.4, -0.2) is 24.4 Å². The number of carbonyl (C=O) groups is 1. The third kappa shape index (κ3) is 3.38. The van der Waals surface area contributed by atoms with Crippen molar-refractivity contribution < 1.29 is 9.18 Å². The minimum atomic E-state index is -0.283. The summed E-state index contributed by atoms with van der Waals surface area (Å²) in [6, 6.07) is 4.78. The van der Waals surface area contributed by atoms with Crippen LogP contribution in [0.25, 0.3) is 0 Å². The number of nitrogens with zero attached hydrogens (tertiary/aromatic N) is 1. The van der Waals surface area contributed by atoms with Gasteiger partial charge in [-0.05, 0) is 43.5 Å². The Labute approximate surface area is 127 Å². The summed E-state index contributed by atoms with van der Waals surface area (Å²) in [6.45, 7) is 0.841. The number of amides is 1. The Kier molecular flexibility index (Phi) is 5.16. The molecule has 3 nitrogen and oxygen atoms in total. The molecule has 1 aromatic rings. The van der Waals surface area contributed by atoms with E-state index in [0.29, 0.717) is 12.1 Å². The number of rotatable bonds is 4. The second-order valence-corrected chi connectivity index (χ2v) is 6.38. The number of hydrogen-bond acceptors (Lipinski definition) is 2. The second kappa shape index (κ2) is 6.68. The quantitative estimate of drug-likeness (QED) is 0.914. The van der Waals surface area contributed by atoms with Gasteiger partial charge in [0.25, 0.3) is 0 Å². The van der Waals surface area contributed by atoms with Crippen molar-refractivity contribution in [3.8, 4) is 0 Å². The van der Waals surface area contributed by atoms with Gasteiger partial charge in [0.1, 0.15) is 5.82 Å². The van der Waals surface area contributed by atoms with E-state index in [4.69, 9.17) is 5.73 Å². The topological polar surface area (TPSA) is 46.3 Å². The van der Waals surface area contributed by atoms with Gasteiger partial charge < -0.3 is 10.6 Å². The van der Waals surface area contributed by atoms with Crippen molar-refractivity contribution in [1.82, 2.24) is 4.90 Å². The summed E-state index contributed by atoms with van der Waals surface area (Å²) in [5, 5.41) is 0. The van der Waals surface area contributed by atoms with Gasteiger partial charge in [0.05, 0.1) is 0 Å². The maximum absolute atomic E-state index is 13.7. The molecule has 5 heteroatoms. The zero-order chi connectivity index (χ0) is 14.7. The van der Waals surface area contributed by atoms with Crippen LogP contribution in [0, 0.1) is 17.7 Å². The van der Waals surface area contributed by atoms with Crippen LogP contribution in [0.2, 0.25) is 0 Å². The molecular formula is C15H20BrFN2O. The first-order valence-electron chi connectivity index (χ1n) is 6.92. The lowest BCUT2D eigenvalue weighted by Crippen LogP contribution is -2.36. The predicted molar refractivity (Wildman–Crippen MR) is 80.5 cm³/mol. The molecule has 2 N–H and O–H groups in total. The number of carbonyl (C=O) groups excluding carboxylic acids is 1. The molecule has 0 aromatic heterocycles. The molecule has 0 heterocycles. The zero-order valence-corrected chi connectivity index (χ0v) is 13.2.